The van der Waals surface area contributed by atoms with E-state index in [-0.39, 0.29) is 6.61 Å². The number of hydrogen-bond donors (Lipinski definition) is 2. The molecular weight excluding hydrogens is 270 g/mol. The molecule has 0 radical (unpaired) electrons. The normalized spacial score (nSPS) is 17.4. The molecule has 88 valence electrons. The van der Waals surface area contributed by atoms with E-state index in [9.17, 15) is 5.11 Å². The lowest BCUT2D eigenvalue weighted by atomic mass is 10.1. The van der Waals surface area contributed by atoms with Crippen LogP contribution in [0.4, 0.5) is 5.69 Å². The van der Waals surface area contributed by atoms with E-state index in [0.29, 0.717) is 6.04 Å². The van der Waals surface area contributed by atoms with Crippen molar-refractivity contribution in [2.45, 2.75) is 25.5 Å². The Kier molecular flexibility index (Phi) is 4.21. The van der Waals surface area contributed by atoms with Crippen molar-refractivity contribution in [1.82, 2.24) is 0 Å². The molecule has 1 aliphatic rings. The Bertz CT molecular complexity index is 351. The van der Waals surface area contributed by atoms with E-state index in [1.807, 2.05) is 18.2 Å². The van der Waals surface area contributed by atoms with Crippen LogP contribution in [-0.2, 0) is 11.3 Å². The van der Waals surface area contributed by atoms with Crippen LogP contribution in [0, 0.1) is 0 Å². The number of anilines is 1. The highest BCUT2D eigenvalue weighted by atomic mass is 79.9. The van der Waals surface area contributed by atoms with Crippen molar-refractivity contribution in [1.29, 1.82) is 0 Å². The molecule has 1 aromatic carbocycles. The van der Waals surface area contributed by atoms with Crippen LogP contribution in [0.25, 0.3) is 0 Å². The fourth-order valence-corrected chi connectivity index (χ4v) is 2.41. The minimum absolute atomic E-state index is 0.0486. The molecule has 0 bridgehead atoms. The van der Waals surface area contributed by atoms with Crippen LogP contribution < -0.4 is 5.32 Å². The van der Waals surface area contributed by atoms with Gasteiger partial charge in [0.2, 0.25) is 0 Å². The minimum Gasteiger partial charge on any atom is -0.392 e. The number of aliphatic hydroxyl groups is 1. The van der Waals surface area contributed by atoms with Crippen LogP contribution in [0.1, 0.15) is 18.4 Å². The maximum atomic E-state index is 9.33. The predicted molar refractivity (Wildman–Crippen MR) is 67.5 cm³/mol. The van der Waals surface area contributed by atoms with Crippen LogP contribution >= 0.6 is 15.9 Å². The number of aliphatic hydroxyl groups excluding tert-OH is 1. The predicted octanol–water partition coefficient (Wildman–Crippen LogP) is 2.53. The Balaban J connectivity index is 2.10. The Labute approximate surface area is 104 Å². The van der Waals surface area contributed by atoms with E-state index in [0.717, 1.165) is 41.8 Å². The number of rotatable bonds is 3. The van der Waals surface area contributed by atoms with Gasteiger partial charge in [0.15, 0.2) is 0 Å². The summed E-state index contributed by atoms with van der Waals surface area (Å²) < 4.78 is 6.27. The van der Waals surface area contributed by atoms with Crippen molar-refractivity contribution in [2.75, 3.05) is 18.5 Å². The van der Waals surface area contributed by atoms with E-state index in [1.54, 1.807) is 0 Å². The first kappa shape index (κ1) is 11.9. The van der Waals surface area contributed by atoms with Gasteiger partial charge in [-0.3, -0.25) is 0 Å². The third-order valence-corrected chi connectivity index (χ3v) is 3.60. The molecule has 2 rings (SSSR count). The average Bonchev–Trinajstić information content (AvgIpc) is 2.31. The van der Waals surface area contributed by atoms with Gasteiger partial charge in [-0.1, -0.05) is 22.0 Å². The third kappa shape index (κ3) is 2.75. The van der Waals surface area contributed by atoms with Crippen LogP contribution in [-0.4, -0.2) is 24.4 Å². The van der Waals surface area contributed by atoms with Gasteiger partial charge in [0, 0.05) is 35.0 Å². The zero-order chi connectivity index (χ0) is 11.4. The number of ether oxygens (including phenoxy) is 1. The summed E-state index contributed by atoms with van der Waals surface area (Å²) in [6, 6.07) is 6.38. The second-order valence-corrected chi connectivity index (χ2v) is 4.81. The van der Waals surface area contributed by atoms with E-state index in [4.69, 9.17) is 4.74 Å². The van der Waals surface area contributed by atoms with Gasteiger partial charge >= 0.3 is 0 Å². The van der Waals surface area contributed by atoms with Gasteiger partial charge in [-0.2, -0.15) is 0 Å². The highest BCUT2D eigenvalue weighted by Crippen LogP contribution is 2.26. The summed E-state index contributed by atoms with van der Waals surface area (Å²) in [6.45, 7) is 1.69. The average molecular weight is 286 g/mol. The SMILES string of the molecule is OCc1c(Br)cccc1NC1CCOCC1. The van der Waals surface area contributed by atoms with Gasteiger partial charge in [0.1, 0.15) is 0 Å². The Morgan fingerprint density at radius 3 is 2.81 bits per heavy atom. The summed E-state index contributed by atoms with van der Waals surface area (Å²) in [5, 5.41) is 12.8. The molecule has 0 unspecified atom stereocenters. The molecule has 2 N–H and O–H groups in total. The van der Waals surface area contributed by atoms with Crippen molar-refractivity contribution in [3.8, 4) is 0 Å². The molecule has 16 heavy (non-hydrogen) atoms. The first-order chi connectivity index (χ1) is 7.81. The van der Waals surface area contributed by atoms with Crippen LogP contribution in [0.15, 0.2) is 22.7 Å². The molecule has 0 amide bonds. The van der Waals surface area contributed by atoms with E-state index >= 15 is 0 Å². The summed E-state index contributed by atoms with van der Waals surface area (Å²) in [5.41, 5.74) is 1.94. The van der Waals surface area contributed by atoms with Gasteiger partial charge in [0.25, 0.3) is 0 Å². The molecule has 1 heterocycles. The Morgan fingerprint density at radius 2 is 2.12 bits per heavy atom. The summed E-state index contributed by atoms with van der Waals surface area (Å²) in [4.78, 5) is 0. The molecule has 1 saturated heterocycles. The minimum atomic E-state index is 0.0486. The molecule has 0 aromatic heterocycles. The number of hydrogen-bond acceptors (Lipinski definition) is 3. The summed E-state index contributed by atoms with van der Waals surface area (Å²) in [5.74, 6) is 0. The fourth-order valence-electron chi connectivity index (χ4n) is 1.92. The Hall–Kier alpha value is -0.580. The summed E-state index contributed by atoms with van der Waals surface area (Å²) in [6.07, 6.45) is 2.05. The van der Waals surface area contributed by atoms with Gasteiger partial charge in [-0.15, -0.1) is 0 Å². The lowest BCUT2D eigenvalue weighted by Crippen LogP contribution is -2.28. The summed E-state index contributed by atoms with van der Waals surface area (Å²) >= 11 is 3.45. The first-order valence-electron chi connectivity index (χ1n) is 5.54. The Morgan fingerprint density at radius 1 is 1.38 bits per heavy atom. The molecule has 0 atom stereocenters. The van der Waals surface area contributed by atoms with E-state index in [2.05, 4.69) is 21.2 Å². The summed E-state index contributed by atoms with van der Waals surface area (Å²) in [7, 11) is 0. The van der Waals surface area contributed by atoms with Crippen molar-refractivity contribution in [3.05, 3.63) is 28.2 Å². The monoisotopic (exact) mass is 285 g/mol. The standard InChI is InChI=1S/C12H16BrNO2/c13-11-2-1-3-12(10(11)8-15)14-9-4-6-16-7-5-9/h1-3,9,14-15H,4-8H2. The van der Waals surface area contributed by atoms with Gasteiger partial charge < -0.3 is 15.2 Å². The van der Waals surface area contributed by atoms with Gasteiger partial charge in [-0.25, -0.2) is 0 Å². The lowest BCUT2D eigenvalue weighted by Gasteiger charge is -2.25. The molecule has 1 fully saturated rings. The molecule has 1 aliphatic heterocycles. The first-order valence-corrected chi connectivity index (χ1v) is 6.33. The number of halogens is 1. The molecule has 0 aliphatic carbocycles. The highest BCUT2D eigenvalue weighted by molar-refractivity contribution is 9.10. The molecule has 1 aromatic rings. The largest absolute Gasteiger partial charge is 0.392 e. The third-order valence-electron chi connectivity index (χ3n) is 2.86. The zero-order valence-electron chi connectivity index (χ0n) is 9.08. The van der Waals surface area contributed by atoms with Crippen molar-refractivity contribution >= 4 is 21.6 Å². The van der Waals surface area contributed by atoms with E-state index < -0.39 is 0 Å². The van der Waals surface area contributed by atoms with Crippen molar-refractivity contribution < 1.29 is 9.84 Å². The maximum Gasteiger partial charge on any atom is 0.0713 e. The van der Waals surface area contributed by atoms with Gasteiger partial charge in [0.05, 0.1) is 6.61 Å². The molecular formula is C12H16BrNO2. The maximum absolute atomic E-state index is 9.33. The lowest BCUT2D eigenvalue weighted by molar-refractivity contribution is 0.0904. The topological polar surface area (TPSA) is 41.5 Å². The molecule has 3 nitrogen and oxygen atoms in total. The quantitative estimate of drug-likeness (QED) is 0.897. The second kappa shape index (κ2) is 5.66. The second-order valence-electron chi connectivity index (χ2n) is 3.96. The van der Waals surface area contributed by atoms with Crippen molar-refractivity contribution in [3.63, 3.8) is 0 Å². The molecule has 0 spiro atoms. The molecule has 0 saturated carbocycles. The van der Waals surface area contributed by atoms with Gasteiger partial charge in [-0.05, 0) is 25.0 Å². The highest BCUT2D eigenvalue weighted by Gasteiger charge is 2.15. The van der Waals surface area contributed by atoms with Crippen LogP contribution in [0.2, 0.25) is 0 Å². The fraction of sp³-hybridized carbons (Fsp3) is 0.500. The smallest absolute Gasteiger partial charge is 0.0713 e. The molecule has 4 heteroatoms. The van der Waals surface area contributed by atoms with Crippen LogP contribution in [0.5, 0.6) is 0 Å². The van der Waals surface area contributed by atoms with Crippen LogP contribution in [0.3, 0.4) is 0 Å². The number of nitrogens with one attached hydrogen (secondary N) is 1. The zero-order valence-corrected chi connectivity index (χ0v) is 10.7. The van der Waals surface area contributed by atoms with Crippen molar-refractivity contribution in [2.24, 2.45) is 0 Å². The number of benzene rings is 1. The van der Waals surface area contributed by atoms with E-state index in [1.165, 1.54) is 0 Å².